The van der Waals surface area contributed by atoms with Crippen molar-refractivity contribution in [1.82, 2.24) is 0 Å². The van der Waals surface area contributed by atoms with Crippen molar-refractivity contribution in [3.8, 4) is 5.75 Å². The van der Waals surface area contributed by atoms with Gasteiger partial charge in [0.05, 0.1) is 112 Å². The molecule has 0 aliphatic carbocycles. The highest BCUT2D eigenvalue weighted by molar-refractivity contribution is 6.40. The number of ketones is 1. The first-order chi connectivity index (χ1) is 24.7. The zero-order valence-electron chi connectivity index (χ0n) is 27.8. The highest BCUT2D eigenvalue weighted by Gasteiger charge is 2.28. The highest BCUT2D eigenvalue weighted by Crippen LogP contribution is 2.29. The summed E-state index contributed by atoms with van der Waals surface area (Å²) in [6.07, 6.45) is -0.497. The molecule has 0 spiro atoms. The molecule has 2 aromatic rings. The lowest BCUT2D eigenvalue weighted by Crippen LogP contribution is -2.20. The van der Waals surface area contributed by atoms with Crippen LogP contribution in [0, 0.1) is 29.1 Å². The van der Waals surface area contributed by atoms with E-state index in [0.717, 1.165) is 0 Å². The van der Waals surface area contributed by atoms with E-state index in [0.29, 0.717) is 66.1 Å². The molecule has 0 unspecified atom stereocenters. The first kappa shape index (κ1) is 43.5. The molecule has 0 aliphatic heterocycles. The minimum atomic E-state index is -2.36. The van der Waals surface area contributed by atoms with Gasteiger partial charge in [0.1, 0.15) is 6.61 Å². The second-order valence-electron chi connectivity index (χ2n) is 9.85. The zero-order valence-corrected chi connectivity index (χ0v) is 27.8. The zero-order chi connectivity index (χ0) is 37.1. The Morgan fingerprint density at radius 1 is 0.431 bits per heavy atom. The largest absolute Gasteiger partial charge is 0.457 e. The van der Waals surface area contributed by atoms with Crippen LogP contribution >= 0.6 is 0 Å². The number of rotatable bonds is 30. The van der Waals surface area contributed by atoms with Crippen molar-refractivity contribution in [3.05, 3.63) is 65.0 Å². The lowest BCUT2D eigenvalue weighted by atomic mass is 10.1. The average Bonchev–Trinajstić information content (AvgIpc) is 3.14. The smallest absolute Gasteiger partial charge is 0.379 e. The van der Waals surface area contributed by atoms with Crippen molar-refractivity contribution in [2.24, 2.45) is 0 Å². The van der Waals surface area contributed by atoms with Crippen molar-refractivity contribution in [2.45, 2.75) is 6.42 Å². The van der Waals surface area contributed by atoms with Crippen LogP contribution in [0.3, 0.4) is 0 Å². The first-order valence-electron chi connectivity index (χ1n) is 15.8. The van der Waals surface area contributed by atoms with Crippen LogP contribution in [0.5, 0.6) is 5.75 Å². The van der Waals surface area contributed by atoms with Crippen LogP contribution in [0.4, 0.5) is 22.0 Å². The molecule has 0 aromatic heterocycles. The van der Waals surface area contributed by atoms with Gasteiger partial charge >= 0.3 is 11.9 Å². The van der Waals surface area contributed by atoms with Crippen LogP contribution in [0.1, 0.15) is 16.8 Å². The van der Waals surface area contributed by atoms with Gasteiger partial charge in [-0.15, -0.1) is 0 Å². The van der Waals surface area contributed by atoms with Crippen molar-refractivity contribution in [3.63, 3.8) is 0 Å². The molecule has 0 heterocycles. The van der Waals surface area contributed by atoms with Crippen LogP contribution in [0.25, 0.3) is 0 Å². The van der Waals surface area contributed by atoms with E-state index in [1.165, 1.54) is 12.1 Å². The van der Waals surface area contributed by atoms with Crippen LogP contribution in [0.2, 0.25) is 0 Å². The molecule has 286 valence electrons. The summed E-state index contributed by atoms with van der Waals surface area (Å²) in [5, 5.41) is 0. The maximum Gasteiger partial charge on any atom is 0.379 e. The van der Waals surface area contributed by atoms with Gasteiger partial charge in [-0.05, 0) is 0 Å². The Labute approximate surface area is 291 Å². The monoisotopic (exact) mass is 740 g/mol. The summed E-state index contributed by atoms with van der Waals surface area (Å²) in [4.78, 5) is 35.2. The normalized spacial score (nSPS) is 11.2. The molecule has 0 aliphatic rings. The van der Waals surface area contributed by atoms with Crippen molar-refractivity contribution < 1.29 is 83.7 Å². The van der Waals surface area contributed by atoms with E-state index in [-0.39, 0.29) is 51.8 Å². The van der Waals surface area contributed by atoms with E-state index >= 15 is 0 Å². The number of benzene rings is 2. The lowest BCUT2D eigenvalue weighted by Gasteiger charge is -2.09. The molecular formula is C33H41F5O13. The molecule has 0 amide bonds. The van der Waals surface area contributed by atoms with Gasteiger partial charge in [0, 0.05) is 5.56 Å². The molecule has 0 saturated heterocycles. The Hall–Kier alpha value is -3.62. The fourth-order valence-electron chi connectivity index (χ4n) is 3.60. The molecule has 0 bridgehead atoms. The van der Waals surface area contributed by atoms with Gasteiger partial charge in [0.25, 0.3) is 5.78 Å². The van der Waals surface area contributed by atoms with E-state index in [1.54, 1.807) is 18.2 Å². The third kappa shape index (κ3) is 18.4. The van der Waals surface area contributed by atoms with Crippen molar-refractivity contribution in [2.75, 3.05) is 112 Å². The van der Waals surface area contributed by atoms with Crippen LogP contribution in [0.15, 0.2) is 30.3 Å². The molecular weight excluding hydrogens is 699 g/mol. The van der Waals surface area contributed by atoms with E-state index in [4.69, 9.17) is 42.6 Å². The fourth-order valence-corrected chi connectivity index (χ4v) is 3.60. The van der Waals surface area contributed by atoms with Gasteiger partial charge in [-0.2, -0.15) is 8.78 Å². The predicted octanol–water partition coefficient (Wildman–Crippen LogP) is 3.24. The Kier molecular flexibility index (Phi) is 23.1. The maximum absolute atomic E-state index is 13.5. The van der Waals surface area contributed by atoms with Crippen molar-refractivity contribution in [1.29, 1.82) is 0 Å². The minimum Gasteiger partial charge on any atom is -0.457 e. The second kappa shape index (κ2) is 27.1. The third-order valence-electron chi connectivity index (χ3n) is 6.12. The standard InChI is InChI=1S/C33H41F5O13/c34-26-27(35)29(37)32(30(38)28(26)36)51-25(39)6-7-42-8-9-43-10-11-44-12-13-45-14-15-46-16-17-47-18-19-48-20-21-49-22-23-50-33(41)31(40)24-4-2-1-3-5-24/h1-5H,6-23H2. The average molecular weight is 741 g/mol. The van der Waals surface area contributed by atoms with E-state index in [9.17, 15) is 36.3 Å². The molecule has 13 nitrogen and oxygen atoms in total. The van der Waals surface area contributed by atoms with Crippen LogP contribution < -0.4 is 4.74 Å². The Morgan fingerprint density at radius 2 is 0.765 bits per heavy atom. The molecule has 51 heavy (non-hydrogen) atoms. The van der Waals surface area contributed by atoms with Gasteiger partial charge < -0.3 is 47.4 Å². The summed E-state index contributed by atoms with van der Waals surface area (Å²) >= 11 is 0. The molecule has 18 heteroatoms. The summed E-state index contributed by atoms with van der Waals surface area (Å²) in [6, 6.07) is 8.14. The van der Waals surface area contributed by atoms with Gasteiger partial charge in [0.15, 0.2) is 0 Å². The molecule has 0 saturated carbocycles. The third-order valence-corrected chi connectivity index (χ3v) is 6.12. The number of carbonyl (C=O) groups is 3. The SMILES string of the molecule is O=C(CCOCCOCCOCCOCCOCCOCCOCCOCCOC(=O)C(=O)c1ccccc1)Oc1c(F)c(F)c(F)c(F)c1F. The van der Waals surface area contributed by atoms with E-state index in [1.807, 2.05) is 0 Å². The second-order valence-corrected chi connectivity index (χ2v) is 9.85. The number of esters is 2. The highest BCUT2D eigenvalue weighted by atomic mass is 19.2. The Balaban J connectivity index is 1.25. The number of hydrogen-bond acceptors (Lipinski definition) is 13. The van der Waals surface area contributed by atoms with Gasteiger partial charge in [-0.3, -0.25) is 9.59 Å². The Morgan fingerprint density at radius 3 is 1.16 bits per heavy atom. The molecule has 0 radical (unpaired) electrons. The number of Topliss-reactive ketones (excluding diaryl/α,β-unsaturated/α-hetero) is 1. The number of halogens is 5. The Bertz CT molecular complexity index is 1270. The van der Waals surface area contributed by atoms with Gasteiger partial charge in [-0.1, -0.05) is 30.3 Å². The molecule has 0 N–H and O–H groups in total. The van der Waals surface area contributed by atoms with E-state index in [2.05, 4.69) is 4.74 Å². The summed E-state index contributed by atoms with van der Waals surface area (Å²) in [6.45, 7) is 4.22. The van der Waals surface area contributed by atoms with Gasteiger partial charge in [-0.25, -0.2) is 18.0 Å². The lowest BCUT2D eigenvalue weighted by molar-refractivity contribution is -0.139. The number of ether oxygens (including phenoxy) is 10. The summed E-state index contributed by atoms with van der Waals surface area (Å²) in [5.74, 6) is -15.8. The topological polar surface area (TPSA) is 144 Å². The molecule has 2 aromatic carbocycles. The molecule has 2 rings (SSSR count). The first-order valence-corrected chi connectivity index (χ1v) is 15.8. The summed E-state index contributed by atoms with van der Waals surface area (Å²) in [7, 11) is 0. The van der Waals surface area contributed by atoms with Gasteiger partial charge in [0.2, 0.25) is 34.8 Å². The summed E-state index contributed by atoms with van der Waals surface area (Å²) in [5.41, 5.74) is 0.268. The maximum atomic E-state index is 13.5. The number of carbonyl (C=O) groups excluding carboxylic acids is 3. The molecule has 0 fully saturated rings. The summed E-state index contributed by atoms with van der Waals surface area (Å²) < 4.78 is 118. The fraction of sp³-hybridized carbons (Fsp3) is 0.545. The van der Waals surface area contributed by atoms with Crippen LogP contribution in [-0.4, -0.2) is 130 Å². The number of hydrogen-bond donors (Lipinski definition) is 0. The molecule has 0 atom stereocenters. The van der Waals surface area contributed by atoms with E-state index < -0.39 is 59.0 Å². The minimum absolute atomic E-state index is 0.0378. The van der Waals surface area contributed by atoms with Crippen LogP contribution in [-0.2, 0) is 52.2 Å². The predicted molar refractivity (Wildman–Crippen MR) is 165 cm³/mol. The van der Waals surface area contributed by atoms with Crippen molar-refractivity contribution >= 4 is 17.7 Å². The quantitative estimate of drug-likeness (QED) is 0.0169.